The number of unbranched alkanes of at least 4 members (excludes halogenated alkanes) is 2. The summed E-state index contributed by atoms with van der Waals surface area (Å²) in [5.74, 6) is 0.0578. The zero-order valence-corrected chi connectivity index (χ0v) is 11.7. The van der Waals surface area contributed by atoms with Crippen LogP contribution in [0.15, 0.2) is 0 Å². The molecule has 0 saturated heterocycles. The lowest BCUT2D eigenvalue weighted by atomic mass is 10.2. The number of hydrogen-bond acceptors (Lipinski definition) is 4. The summed E-state index contributed by atoms with van der Waals surface area (Å²) in [6.45, 7) is 6.57. The fraction of sp³-hybridized carbons (Fsp3) is 0.923. The molecule has 0 fully saturated rings. The van der Waals surface area contributed by atoms with Crippen molar-refractivity contribution in [1.29, 1.82) is 0 Å². The van der Waals surface area contributed by atoms with E-state index in [4.69, 9.17) is 9.84 Å². The van der Waals surface area contributed by atoms with Gasteiger partial charge in [0.1, 0.15) is 0 Å². The van der Waals surface area contributed by atoms with Crippen LogP contribution in [-0.4, -0.2) is 50.0 Å². The Morgan fingerprint density at radius 3 is 2.67 bits per heavy atom. The molecule has 1 atom stereocenters. The van der Waals surface area contributed by atoms with Gasteiger partial charge in [-0.3, -0.25) is 4.79 Å². The fourth-order valence-corrected chi connectivity index (χ4v) is 1.49. The van der Waals surface area contributed by atoms with E-state index in [1.54, 1.807) is 0 Å². The molecule has 1 unspecified atom stereocenters. The minimum Gasteiger partial charge on any atom is -0.394 e. The number of ether oxygens (including phenoxy) is 1. The van der Waals surface area contributed by atoms with Crippen LogP contribution >= 0.6 is 0 Å². The number of aliphatic hydroxyl groups is 1. The highest BCUT2D eigenvalue weighted by atomic mass is 16.5. The van der Waals surface area contributed by atoms with E-state index in [9.17, 15) is 4.79 Å². The quantitative estimate of drug-likeness (QED) is 0.451. The van der Waals surface area contributed by atoms with E-state index in [1.165, 1.54) is 0 Å². The van der Waals surface area contributed by atoms with Crippen molar-refractivity contribution in [2.45, 2.75) is 45.6 Å². The molecule has 0 aliphatic rings. The highest BCUT2D eigenvalue weighted by molar-refractivity contribution is 5.81. The Balaban J connectivity index is 3.38. The summed E-state index contributed by atoms with van der Waals surface area (Å²) < 4.78 is 5.13. The second kappa shape index (κ2) is 12.8. The smallest absolute Gasteiger partial charge is 0.236 e. The van der Waals surface area contributed by atoms with Gasteiger partial charge in [0.2, 0.25) is 5.91 Å². The first kappa shape index (κ1) is 17.4. The standard InChI is InChI=1S/C13H28N2O3/c1-3-4-5-7-15-13(17)12(2)14-8-6-10-18-11-9-16/h12,14,16H,3-11H2,1-2H3,(H,15,17). The van der Waals surface area contributed by atoms with Gasteiger partial charge in [0.05, 0.1) is 19.3 Å². The van der Waals surface area contributed by atoms with Crippen LogP contribution < -0.4 is 10.6 Å². The van der Waals surface area contributed by atoms with Crippen LogP contribution in [0, 0.1) is 0 Å². The van der Waals surface area contributed by atoms with Crippen molar-refractivity contribution in [2.75, 3.05) is 32.9 Å². The van der Waals surface area contributed by atoms with Crippen molar-refractivity contribution in [2.24, 2.45) is 0 Å². The van der Waals surface area contributed by atoms with Gasteiger partial charge < -0.3 is 20.5 Å². The van der Waals surface area contributed by atoms with Gasteiger partial charge in [-0.05, 0) is 26.3 Å². The van der Waals surface area contributed by atoms with Crippen LogP contribution in [0.3, 0.4) is 0 Å². The minimum absolute atomic E-state index is 0.0578. The molecule has 0 aliphatic heterocycles. The van der Waals surface area contributed by atoms with Gasteiger partial charge in [-0.2, -0.15) is 0 Å². The van der Waals surface area contributed by atoms with Gasteiger partial charge in [-0.25, -0.2) is 0 Å². The topological polar surface area (TPSA) is 70.6 Å². The molecule has 0 aromatic rings. The summed E-state index contributed by atoms with van der Waals surface area (Å²) in [4.78, 5) is 11.6. The number of carbonyl (C=O) groups is 1. The zero-order chi connectivity index (χ0) is 13.6. The maximum atomic E-state index is 11.6. The summed E-state index contributed by atoms with van der Waals surface area (Å²) in [5.41, 5.74) is 0. The summed E-state index contributed by atoms with van der Waals surface area (Å²) in [6.07, 6.45) is 4.21. The molecule has 1 amide bonds. The van der Waals surface area contributed by atoms with Crippen molar-refractivity contribution in [3.63, 3.8) is 0 Å². The number of aliphatic hydroxyl groups excluding tert-OH is 1. The van der Waals surface area contributed by atoms with Crippen LogP contribution in [0.4, 0.5) is 0 Å². The van der Waals surface area contributed by atoms with Crippen LogP contribution in [0.2, 0.25) is 0 Å². The Kier molecular flexibility index (Phi) is 12.3. The lowest BCUT2D eigenvalue weighted by Gasteiger charge is -2.13. The lowest BCUT2D eigenvalue weighted by molar-refractivity contribution is -0.122. The Hall–Kier alpha value is -0.650. The largest absolute Gasteiger partial charge is 0.394 e. The third-order valence-electron chi connectivity index (χ3n) is 2.62. The number of carbonyl (C=O) groups excluding carboxylic acids is 1. The fourth-order valence-electron chi connectivity index (χ4n) is 1.49. The van der Waals surface area contributed by atoms with Crippen molar-refractivity contribution in [3.8, 4) is 0 Å². The highest BCUT2D eigenvalue weighted by Crippen LogP contribution is 1.92. The van der Waals surface area contributed by atoms with E-state index < -0.39 is 0 Å². The average Bonchev–Trinajstić information content (AvgIpc) is 2.38. The number of hydrogen-bond donors (Lipinski definition) is 3. The zero-order valence-electron chi connectivity index (χ0n) is 11.7. The van der Waals surface area contributed by atoms with E-state index in [2.05, 4.69) is 17.6 Å². The first-order chi connectivity index (χ1) is 8.72. The van der Waals surface area contributed by atoms with Crippen molar-refractivity contribution < 1.29 is 14.6 Å². The second-order valence-corrected chi connectivity index (χ2v) is 4.36. The molecule has 0 bridgehead atoms. The second-order valence-electron chi connectivity index (χ2n) is 4.36. The third kappa shape index (κ3) is 10.5. The molecular weight excluding hydrogens is 232 g/mol. The number of nitrogens with one attached hydrogen (secondary N) is 2. The van der Waals surface area contributed by atoms with Crippen LogP contribution in [0.25, 0.3) is 0 Å². The molecule has 0 spiro atoms. The van der Waals surface area contributed by atoms with Crippen LogP contribution in [-0.2, 0) is 9.53 Å². The van der Waals surface area contributed by atoms with E-state index >= 15 is 0 Å². The molecule has 0 rings (SSSR count). The summed E-state index contributed by atoms with van der Waals surface area (Å²) in [5, 5.41) is 14.6. The maximum absolute atomic E-state index is 11.6. The van der Waals surface area contributed by atoms with Gasteiger partial charge in [-0.1, -0.05) is 19.8 Å². The Labute approximate surface area is 110 Å². The highest BCUT2D eigenvalue weighted by Gasteiger charge is 2.10. The van der Waals surface area contributed by atoms with E-state index in [0.717, 1.165) is 38.8 Å². The predicted octanol–water partition coefficient (Wildman–Crippen LogP) is 0.670. The maximum Gasteiger partial charge on any atom is 0.236 e. The third-order valence-corrected chi connectivity index (χ3v) is 2.62. The van der Waals surface area contributed by atoms with Gasteiger partial charge in [0, 0.05) is 13.2 Å². The Morgan fingerprint density at radius 1 is 1.22 bits per heavy atom. The normalized spacial score (nSPS) is 12.4. The molecule has 5 heteroatoms. The van der Waals surface area contributed by atoms with Gasteiger partial charge >= 0.3 is 0 Å². The number of rotatable bonds is 12. The van der Waals surface area contributed by atoms with Gasteiger partial charge in [-0.15, -0.1) is 0 Å². The molecular formula is C13H28N2O3. The molecule has 5 nitrogen and oxygen atoms in total. The van der Waals surface area contributed by atoms with Crippen LogP contribution in [0.1, 0.15) is 39.5 Å². The molecule has 0 aromatic carbocycles. The van der Waals surface area contributed by atoms with Crippen LogP contribution in [0.5, 0.6) is 0 Å². The van der Waals surface area contributed by atoms with E-state index in [0.29, 0.717) is 13.2 Å². The average molecular weight is 260 g/mol. The molecule has 0 saturated carbocycles. The Morgan fingerprint density at radius 2 is 2.00 bits per heavy atom. The molecule has 3 N–H and O–H groups in total. The molecule has 0 aliphatic carbocycles. The summed E-state index contributed by atoms with van der Waals surface area (Å²) in [7, 11) is 0. The van der Waals surface area contributed by atoms with Crippen molar-refractivity contribution in [3.05, 3.63) is 0 Å². The first-order valence-corrected chi connectivity index (χ1v) is 6.92. The summed E-state index contributed by atoms with van der Waals surface area (Å²) >= 11 is 0. The molecule has 0 radical (unpaired) electrons. The van der Waals surface area contributed by atoms with E-state index in [1.807, 2.05) is 6.92 Å². The van der Waals surface area contributed by atoms with Gasteiger partial charge in [0.25, 0.3) is 0 Å². The van der Waals surface area contributed by atoms with Crippen molar-refractivity contribution >= 4 is 5.91 Å². The lowest BCUT2D eigenvalue weighted by Crippen LogP contribution is -2.42. The van der Waals surface area contributed by atoms with E-state index in [-0.39, 0.29) is 18.6 Å². The molecule has 0 heterocycles. The molecule has 18 heavy (non-hydrogen) atoms. The summed E-state index contributed by atoms with van der Waals surface area (Å²) in [6, 6.07) is -0.163. The minimum atomic E-state index is -0.163. The first-order valence-electron chi connectivity index (χ1n) is 6.92. The van der Waals surface area contributed by atoms with Gasteiger partial charge in [0.15, 0.2) is 0 Å². The number of amides is 1. The molecule has 108 valence electrons. The SMILES string of the molecule is CCCCCNC(=O)C(C)NCCCOCCO. The van der Waals surface area contributed by atoms with Crippen molar-refractivity contribution in [1.82, 2.24) is 10.6 Å². The predicted molar refractivity (Wildman–Crippen MR) is 72.5 cm³/mol. The monoisotopic (exact) mass is 260 g/mol. The Bertz CT molecular complexity index is 201. The molecule has 0 aromatic heterocycles.